The lowest BCUT2D eigenvalue weighted by Gasteiger charge is -2.18. The van der Waals surface area contributed by atoms with Crippen molar-refractivity contribution in [3.63, 3.8) is 0 Å². The first-order valence-corrected chi connectivity index (χ1v) is 7.16. The number of hydrogen-bond acceptors (Lipinski definition) is 6. The van der Waals surface area contributed by atoms with Crippen molar-refractivity contribution < 1.29 is 9.84 Å². The molecule has 1 atom stereocenters. The van der Waals surface area contributed by atoms with Crippen molar-refractivity contribution in [3.8, 4) is 5.75 Å². The van der Waals surface area contributed by atoms with Crippen LogP contribution in [0, 0.1) is 0 Å². The van der Waals surface area contributed by atoms with E-state index in [1.165, 1.54) is 0 Å². The first-order chi connectivity index (χ1) is 10.2. The lowest BCUT2D eigenvalue weighted by Crippen LogP contribution is -2.24. The van der Waals surface area contributed by atoms with Crippen LogP contribution in [-0.4, -0.2) is 34.8 Å². The summed E-state index contributed by atoms with van der Waals surface area (Å²) in [5.41, 5.74) is 6.50. The number of nitrogens with zero attached hydrogens (tertiary/aromatic N) is 2. The second kappa shape index (κ2) is 7.08. The molecule has 0 aliphatic heterocycles. The maximum Gasteiger partial charge on any atom is 0.222 e. The van der Waals surface area contributed by atoms with E-state index in [1.54, 1.807) is 7.11 Å². The van der Waals surface area contributed by atoms with Gasteiger partial charge in [-0.3, -0.25) is 0 Å². The van der Waals surface area contributed by atoms with Gasteiger partial charge in [-0.25, -0.2) is 4.98 Å². The summed E-state index contributed by atoms with van der Waals surface area (Å²) in [5.74, 6) is 1.57. The summed E-state index contributed by atoms with van der Waals surface area (Å²) in [6.07, 6.45) is 3.00. The molecule has 0 fully saturated rings. The molecular weight excluding hydrogens is 268 g/mol. The van der Waals surface area contributed by atoms with Gasteiger partial charge in [0.05, 0.1) is 25.3 Å². The molecule has 1 heterocycles. The molecule has 0 amide bonds. The van der Waals surface area contributed by atoms with E-state index in [-0.39, 0.29) is 18.6 Å². The van der Waals surface area contributed by atoms with Gasteiger partial charge < -0.3 is 20.9 Å². The van der Waals surface area contributed by atoms with Crippen molar-refractivity contribution >= 4 is 22.7 Å². The van der Waals surface area contributed by atoms with Crippen molar-refractivity contribution in [3.05, 3.63) is 18.2 Å². The van der Waals surface area contributed by atoms with Crippen molar-refractivity contribution in [2.45, 2.75) is 32.2 Å². The number of aliphatic hydroxyl groups is 1. The molecule has 0 aliphatic carbocycles. The van der Waals surface area contributed by atoms with Gasteiger partial charge in [-0.05, 0) is 24.6 Å². The molecule has 6 heteroatoms. The van der Waals surface area contributed by atoms with Crippen molar-refractivity contribution in [1.29, 1.82) is 0 Å². The molecule has 0 radical (unpaired) electrons. The van der Waals surface area contributed by atoms with Crippen LogP contribution in [0.4, 0.5) is 11.8 Å². The number of methoxy groups -OCH3 is 1. The molecule has 0 saturated heterocycles. The van der Waals surface area contributed by atoms with Crippen molar-refractivity contribution in [2.75, 3.05) is 24.8 Å². The summed E-state index contributed by atoms with van der Waals surface area (Å²) in [5, 5.41) is 13.6. The minimum Gasteiger partial charge on any atom is -0.497 e. The fraction of sp³-hybridized carbons (Fsp3) is 0.467. The number of nitrogen functional groups attached to an aromatic ring is 1. The predicted molar refractivity (Wildman–Crippen MR) is 84.5 cm³/mol. The van der Waals surface area contributed by atoms with Gasteiger partial charge in [0.25, 0.3) is 0 Å². The summed E-state index contributed by atoms with van der Waals surface area (Å²) in [4.78, 5) is 8.48. The Kier molecular flexibility index (Phi) is 5.16. The number of hydrogen-bond donors (Lipinski definition) is 3. The topological polar surface area (TPSA) is 93.3 Å². The van der Waals surface area contributed by atoms with Gasteiger partial charge in [-0.2, -0.15) is 4.98 Å². The van der Waals surface area contributed by atoms with E-state index in [4.69, 9.17) is 10.5 Å². The third-order valence-corrected chi connectivity index (χ3v) is 3.39. The van der Waals surface area contributed by atoms with Crippen LogP contribution in [0.5, 0.6) is 5.75 Å². The molecule has 0 aliphatic rings. The number of fused-ring (bicyclic) bond motifs is 1. The number of ether oxygens (including phenoxy) is 1. The first kappa shape index (κ1) is 15.3. The second-order valence-corrected chi connectivity index (χ2v) is 4.98. The Morgan fingerprint density at radius 3 is 2.86 bits per heavy atom. The molecule has 1 unspecified atom stereocenters. The standard InChI is InChI=1S/C15H22N4O2/c1-3-4-5-10(9-20)17-14-12-8-11(21-2)6-7-13(12)18-15(16)19-14/h6-8,10,20H,3-5,9H2,1-2H3,(H3,16,17,18,19). The summed E-state index contributed by atoms with van der Waals surface area (Å²) >= 11 is 0. The molecule has 0 saturated carbocycles. The number of rotatable bonds is 7. The third-order valence-electron chi connectivity index (χ3n) is 3.39. The molecule has 1 aromatic heterocycles. The van der Waals surface area contributed by atoms with Gasteiger partial charge in [0.15, 0.2) is 0 Å². The lowest BCUT2D eigenvalue weighted by molar-refractivity contribution is 0.267. The third kappa shape index (κ3) is 3.72. The minimum absolute atomic E-state index is 0.0475. The number of nitrogens with one attached hydrogen (secondary N) is 1. The van der Waals surface area contributed by atoms with Gasteiger partial charge in [0.2, 0.25) is 5.95 Å². The van der Waals surface area contributed by atoms with Gasteiger partial charge in [-0.1, -0.05) is 19.8 Å². The Balaban J connectivity index is 2.36. The van der Waals surface area contributed by atoms with Crippen LogP contribution in [-0.2, 0) is 0 Å². The highest BCUT2D eigenvalue weighted by molar-refractivity contribution is 5.91. The van der Waals surface area contributed by atoms with Gasteiger partial charge in [0.1, 0.15) is 11.6 Å². The SMILES string of the molecule is CCCCC(CO)Nc1nc(N)nc2ccc(OC)cc12. The van der Waals surface area contributed by atoms with Crippen LogP contribution in [0.2, 0.25) is 0 Å². The first-order valence-electron chi connectivity index (χ1n) is 7.16. The monoisotopic (exact) mass is 290 g/mol. The zero-order valence-corrected chi connectivity index (χ0v) is 12.5. The molecule has 6 nitrogen and oxygen atoms in total. The lowest BCUT2D eigenvalue weighted by atomic mass is 10.1. The highest BCUT2D eigenvalue weighted by atomic mass is 16.5. The smallest absolute Gasteiger partial charge is 0.222 e. The Labute approximate surface area is 124 Å². The summed E-state index contributed by atoms with van der Waals surface area (Å²) in [7, 11) is 1.62. The number of benzene rings is 1. The highest BCUT2D eigenvalue weighted by Crippen LogP contribution is 2.26. The van der Waals surface area contributed by atoms with Crippen molar-refractivity contribution in [2.24, 2.45) is 0 Å². The summed E-state index contributed by atoms with van der Waals surface area (Å²) < 4.78 is 5.24. The number of unbranched alkanes of at least 4 members (excludes halogenated alkanes) is 1. The molecule has 21 heavy (non-hydrogen) atoms. The summed E-state index contributed by atoms with van der Waals surface area (Å²) in [6.45, 7) is 2.17. The van der Waals surface area contributed by atoms with E-state index in [0.29, 0.717) is 5.82 Å². The number of anilines is 2. The molecule has 2 rings (SSSR count). The molecule has 4 N–H and O–H groups in total. The van der Waals surface area contributed by atoms with Crippen molar-refractivity contribution in [1.82, 2.24) is 9.97 Å². The largest absolute Gasteiger partial charge is 0.497 e. The Morgan fingerprint density at radius 1 is 1.38 bits per heavy atom. The van der Waals surface area contributed by atoms with Crippen LogP contribution in [0.25, 0.3) is 10.9 Å². The number of aromatic nitrogens is 2. The molecule has 0 bridgehead atoms. The van der Waals surface area contributed by atoms with E-state index in [1.807, 2.05) is 18.2 Å². The Morgan fingerprint density at radius 2 is 2.19 bits per heavy atom. The minimum atomic E-state index is -0.0475. The fourth-order valence-corrected chi connectivity index (χ4v) is 2.22. The van der Waals surface area contributed by atoms with Crippen LogP contribution < -0.4 is 15.8 Å². The van der Waals surface area contributed by atoms with Crippen LogP contribution in [0.1, 0.15) is 26.2 Å². The van der Waals surface area contributed by atoms with Gasteiger partial charge in [0, 0.05) is 5.39 Å². The van der Waals surface area contributed by atoms with Gasteiger partial charge in [-0.15, -0.1) is 0 Å². The number of nitrogens with two attached hydrogens (primary N) is 1. The molecular formula is C15H22N4O2. The number of aliphatic hydroxyl groups excluding tert-OH is 1. The maximum atomic E-state index is 9.49. The zero-order valence-electron chi connectivity index (χ0n) is 12.5. The average molecular weight is 290 g/mol. The van der Waals surface area contributed by atoms with E-state index < -0.39 is 0 Å². The molecule has 114 valence electrons. The van der Waals surface area contributed by atoms with Crippen LogP contribution >= 0.6 is 0 Å². The van der Waals surface area contributed by atoms with E-state index in [2.05, 4.69) is 22.2 Å². The second-order valence-electron chi connectivity index (χ2n) is 4.98. The molecule has 0 spiro atoms. The van der Waals surface area contributed by atoms with E-state index >= 15 is 0 Å². The van der Waals surface area contributed by atoms with E-state index in [9.17, 15) is 5.11 Å². The Bertz CT molecular complexity index is 603. The van der Waals surface area contributed by atoms with E-state index in [0.717, 1.165) is 35.9 Å². The quantitative estimate of drug-likeness (QED) is 0.723. The fourth-order valence-electron chi connectivity index (χ4n) is 2.22. The van der Waals surface area contributed by atoms with Crippen LogP contribution in [0.3, 0.4) is 0 Å². The van der Waals surface area contributed by atoms with Gasteiger partial charge >= 0.3 is 0 Å². The maximum absolute atomic E-state index is 9.49. The Hall–Kier alpha value is -2.08. The molecule has 1 aromatic carbocycles. The highest BCUT2D eigenvalue weighted by Gasteiger charge is 2.12. The summed E-state index contributed by atoms with van der Waals surface area (Å²) in [6, 6.07) is 5.50. The van der Waals surface area contributed by atoms with Crippen LogP contribution in [0.15, 0.2) is 18.2 Å². The zero-order chi connectivity index (χ0) is 15.2. The average Bonchev–Trinajstić information content (AvgIpc) is 2.50. The predicted octanol–water partition coefficient (Wildman–Crippen LogP) is 2.18. The normalized spacial score (nSPS) is 12.3. The molecule has 2 aromatic rings.